The third kappa shape index (κ3) is 6.32. The van der Waals surface area contributed by atoms with E-state index in [1.165, 1.54) is 47.6 Å². The van der Waals surface area contributed by atoms with Gasteiger partial charge in [-0.2, -0.15) is 0 Å². The van der Waals surface area contributed by atoms with Gasteiger partial charge in [-0.1, -0.05) is 35.2 Å². The molecule has 0 unspecified atom stereocenters. The number of nitrogens with zero attached hydrogens (tertiary/aromatic N) is 2. The van der Waals surface area contributed by atoms with Crippen LogP contribution in [0.4, 0.5) is 5.13 Å². The Kier molecular flexibility index (Phi) is 7.75. The van der Waals surface area contributed by atoms with E-state index in [-0.39, 0.29) is 23.6 Å². The van der Waals surface area contributed by atoms with Crippen LogP contribution in [-0.2, 0) is 20.5 Å². The summed E-state index contributed by atoms with van der Waals surface area (Å²) in [6.07, 6.45) is 0. The minimum atomic E-state index is -3.72. The lowest BCUT2D eigenvalue weighted by Gasteiger charge is -2.08. The van der Waals surface area contributed by atoms with E-state index in [9.17, 15) is 13.2 Å². The highest BCUT2D eigenvalue weighted by Crippen LogP contribution is 2.29. The second-order valence-electron chi connectivity index (χ2n) is 5.61. The molecule has 0 atom stereocenters. The van der Waals surface area contributed by atoms with Crippen molar-refractivity contribution < 1.29 is 17.9 Å². The maximum atomic E-state index is 12.5. The van der Waals surface area contributed by atoms with Gasteiger partial charge in [-0.25, -0.2) is 13.1 Å². The van der Waals surface area contributed by atoms with Crippen LogP contribution in [-0.4, -0.2) is 44.8 Å². The van der Waals surface area contributed by atoms with Crippen LogP contribution in [0.5, 0.6) is 0 Å². The van der Waals surface area contributed by atoms with Gasteiger partial charge in [0.25, 0.3) is 5.91 Å². The van der Waals surface area contributed by atoms with Crippen molar-refractivity contribution >= 4 is 55.5 Å². The fraction of sp³-hybridized carbons (Fsp3) is 0.235. The predicted octanol–water partition coefficient (Wildman–Crippen LogP) is 3.07. The minimum absolute atomic E-state index is 0.00529. The number of amides is 1. The number of nitrogens with one attached hydrogen (secondary N) is 2. The van der Waals surface area contributed by atoms with Crippen LogP contribution >= 0.6 is 34.4 Å². The number of rotatable bonds is 10. The summed E-state index contributed by atoms with van der Waals surface area (Å²) in [5.74, 6) is 0.334. The summed E-state index contributed by atoms with van der Waals surface area (Å²) in [6, 6.07) is 9.84. The molecule has 0 aliphatic heterocycles. The van der Waals surface area contributed by atoms with Gasteiger partial charge in [0.05, 0.1) is 11.5 Å². The number of anilines is 1. The molecule has 2 heterocycles. The number of methoxy groups -OCH3 is 1. The van der Waals surface area contributed by atoms with Crippen LogP contribution in [0.2, 0.25) is 0 Å². The fourth-order valence-corrected chi connectivity index (χ4v) is 5.76. The van der Waals surface area contributed by atoms with Crippen LogP contribution in [0.15, 0.2) is 51.0 Å². The number of ether oxygens (including phenoxy) is 1. The molecule has 2 N–H and O–H groups in total. The first-order valence-electron chi connectivity index (χ1n) is 8.36. The van der Waals surface area contributed by atoms with E-state index >= 15 is 0 Å². The highest BCUT2D eigenvalue weighted by molar-refractivity contribution is 8.00. The van der Waals surface area contributed by atoms with Gasteiger partial charge < -0.3 is 4.74 Å². The van der Waals surface area contributed by atoms with Crippen molar-refractivity contribution in [3.05, 3.63) is 52.2 Å². The highest BCUT2D eigenvalue weighted by Gasteiger charge is 2.17. The molecule has 3 aromatic rings. The average molecular weight is 471 g/mol. The van der Waals surface area contributed by atoms with Crippen LogP contribution in [0.1, 0.15) is 15.2 Å². The summed E-state index contributed by atoms with van der Waals surface area (Å²) in [7, 11) is -2.24. The molecular formula is C17H18N4O4S4. The quantitative estimate of drug-likeness (QED) is 0.266. The van der Waals surface area contributed by atoms with Gasteiger partial charge >= 0.3 is 0 Å². The van der Waals surface area contributed by atoms with E-state index < -0.39 is 15.9 Å². The summed E-state index contributed by atoms with van der Waals surface area (Å²) in [5, 5.41) is 13.1. The minimum Gasteiger partial charge on any atom is -0.383 e. The SMILES string of the molecule is COCCNS(=O)(=O)c1cccc(C(=O)Nc2nnc(SCc3cccs3)s2)c1. The lowest BCUT2D eigenvalue weighted by molar-refractivity contribution is 0.102. The molecular weight excluding hydrogens is 452 g/mol. The van der Waals surface area contributed by atoms with Crippen LogP contribution in [0.3, 0.4) is 0 Å². The van der Waals surface area contributed by atoms with Crippen LogP contribution in [0, 0.1) is 0 Å². The van der Waals surface area contributed by atoms with Crippen molar-refractivity contribution in [2.24, 2.45) is 0 Å². The van der Waals surface area contributed by atoms with Gasteiger partial charge in [-0.3, -0.25) is 10.1 Å². The zero-order valence-electron chi connectivity index (χ0n) is 15.3. The number of hydrogen-bond donors (Lipinski definition) is 2. The van der Waals surface area contributed by atoms with Crippen molar-refractivity contribution in [2.75, 3.05) is 25.6 Å². The molecule has 3 rings (SSSR count). The van der Waals surface area contributed by atoms with Gasteiger partial charge in [-0.15, -0.1) is 21.5 Å². The van der Waals surface area contributed by atoms with E-state index in [0.29, 0.717) is 5.13 Å². The second kappa shape index (κ2) is 10.3. The van der Waals surface area contributed by atoms with Gasteiger partial charge in [0, 0.05) is 29.8 Å². The van der Waals surface area contributed by atoms with Gasteiger partial charge in [-0.05, 0) is 29.6 Å². The van der Waals surface area contributed by atoms with Crippen LogP contribution < -0.4 is 10.0 Å². The number of sulfonamides is 1. The lowest BCUT2D eigenvalue weighted by atomic mass is 10.2. The molecule has 0 aliphatic carbocycles. The largest absolute Gasteiger partial charge is 0.383 e. The smallest absolute Gasteiger partial charge is 0.257 e. The Hall–Kier alpha value is -1.83. The van der Waals surface area contributed by atoms with E-state index in [1.807, 2.05) is 17.5 Å². The second-order valence-corrected chi connectivity index (χ2v) is 10.6. The third-order valence-electron chi connectivity index (χ3n) is 3.55. The van der Waals surface area contributed by atoms with E-state index in [0.717, 1.165) is 10.1 Å². The number of thiophene rings is 1. The van der Waals surface area contributed by atoms with Crippen LogP contribution in [0.25, 0.3) is 0 Å². The van der Waals surface area contributed by atoms with Gasteiger partial charge in [0.1, 0.15) is 0 Å². The first-order valence-corrected chi connectivity index (χ1v) is 12.5. The maximum Gasteiger partial charge on any atom is 0.257 e. The molecule has 2 aromatic heterocycles. The Balaban J connectivity index is 1.62. The Morgan fingerprint density at radius 3 is 2.86 bits per heavy atom. The summed E-state index contributed by atoms with van der Waals surface area (Å²) >= 11 is 4.48. The summed E-state index contributed by atoms with van der Waals surface area (Å²) in [4.78, 5) is 13.7. The molecule has 0 bridgehead atoms. The molecule has 8 nitrogen and oxygen atoms in total. The molecule has 0 saturated heterocycles. The Morgan fingerprint density at radius 2 is 2.10 bits per heavy atom. The Morgan fingerprint density at radius 1 is 1.24 bits per heavy atom. The van der Waals surface area contributed by atoms with E-state index in [4.69, 9.17) is 4.74 Å². The van der Waals surface area contributed by atoms with Crippen molar-refractivity contribution in [2.45, 2.75) is 15.0 Å². The number of carbonyl (C=O) groups excluding carboxylic acids is 1. The van der Waals surface area contributed by atoms with E-state index in [1.54, 1.807) is 23.1 Å². The predicted molar refractivity (Wildman–Crippen MR) is 115 cm³/mol. The van der Waals surface area contributed by atoms with Crippen molar-refractivity contribution in [3.8, 4) is 0 Å². The van der Waals surface area contributed by atoms with Crippen molar-refractivity contribution in [1.29, 1.82) is 0 Å². The first kappa shape index (κ1) is 21.9. The number of hydrogen-bond acceptors (Lipinski definition) is 9. The number of benzene rings is 1. The highest BCUT2D eigenvalue weighted by atomic mass is 32.2. The number of aromatic nitrogens is 2. The molecule has 0 saturated carbocycles. The first-order chi connectivity index (χ1) is 14.0. The summed E-state index contributed by atoms with van der Waals surface area (Å²) in [6.45, 7) is 0.398. The lowest BCUT2D eigenvalue weighted by Crippen LogP contribution is -2.27. The zero-order valence-corrected chi connectivity index (χ0v) is 18.6. The van der Waals surface area contributed by atoms with Crippen molar-refractivity contribution in [1.82, 2.24) is 14.9 Å². The van der Waals surface area contributed by atoms with Gasteiger partial charge in [0.15, 0.2) is 4.34 Å². The number of thioether (sulfide) groups is 1. The molecule has 0 fully saturated rings. The zero-order chi connectivity index (χ0) is 20.7. The average Bonchev–Trinajstić information content (AvgIpc) is 3.38. The molecule has 0 spiro atoms. The summed E-state index contributed by atoms with van der Waals surface area (Å²) < 4.78 is 32.6. The molecule has 29 heavy (non-hydrogen) atoms. The van der Waals surface area contributed by atoms with Crippen molar-refractivity contribution in [3.63, 3.8) is 0 Å². The summed E-state index contributed by atoms with van der Waals surface area (Å²) in [5.41, 5.74) is 0.211. The molecule has 0 aliphatic rings. The third-order valence-corrected chi connectivity index (χ3v) is 8.09. The van der Waals surface area contributed by atoms with E-state index in [2.05, 4.69) is 20.2 Å². The topological polar surface area (TPSA) is 110 Å². The fourth-order valence-electron chi connectivity index (χ4n) is 2.18. The molecule has 12 heteroatoms. The molecule has 1 aromatic carbocycles. The normalized spacial score (nSPS) is 11.5. The van der Waals surface area contributed by atoms with Gasteiger partial charge in [0.2, 0.25) is 15.2 Å². The molecule has 0 radical (unpaired) electrons. The Labute approximate surface area is 180 Å². The molecule has 1 amide bonds. The Bertz CT molecular complexity index is 1050. The maximum absolute atomic E-state index is 12.5. The number of carbonyl (C=O) groups is 1. The molecule has 154 valence electrons. The monoisotopic (exact) mass is 470 g/mol. The standard InChI is InChI=1S/C17H18N4O4S4/c1-25-8-7-18-29(23,24)14-6-2-4-12(10-14)15(22)19-16-20-21-17(28-16)27-11-13-5-3-9-26-13/h2-6,9-10,18H,7-8,11H2,1H3,(H,19,20,22).